The summed E-state index contributed by atoms with van der Waals surface area (Å²) in [6, 6.07) is 69.1. The minimum absolute atomic E-state index is 0.463. The van der Waals surface area contributed by atoms with E-state index in [2.05, 4.69) is 193 Å². The molecule has 0 radical (unpaired) electrons. The van der Waals surface area contributed by atoms with Crippen molar-refractivity contribution in [3.63, 3.8) is 0 Å². The molecule has 2 heteroatoms. The van der Waals surface area contributed by atoms with Crippen molar-refractivity contribution in [2.24, 2.45) is 0 Å². The van der Waals surface area contributed by atoms with Crippen molar-refractivity contribution in [3.05, 3.63) is 210 Å². The predicted molar refractivity (Wildman–Crippen MR) is 209 cm³/mol. The number of benzene rings is 8. The highest BCUT2D eigenvalue weighted by Gasteiger charge is 2.47. The first-order valence-electron chi connectivity index (χ1n) is 16.9. The molecule has 49 heavy (non-hydrogen) atoms. The number of rotatable bonds is 5. The van der Waals surface area contributed by atoms with Crippen LogP contribution in [0.15, 0.2) is 188 Å². The Morgan fingerprint density at radius 3 is 1.73 bits per heavy atom. The van der Waals surface area contributed by atoms with E-state index < -0.39 is 5.41 Å². The van der Waals surface area contributed by atoms with E-state index in [0.717, 1.165) is 5.69 Å². The first-order valence-corrected chi connectivity index (χ1v) is 17.7. The molecule has 0 N–H and O–H groups in total. The van der Waals surface area contributed by atoms with Gasteiger partial charge < -0.3 is 4.90 Å². The number of nitrogens with zero attached hydrogens (tertiary/aromatic N) is 1. The molecule has 1 aliphatic rings. The summed E-state index contributed by atoms with van der Waals surface area (Å²) in [5.41, 5.74) is 10.8. The molecule has 0 saturated carbocycles. The molecule has 0 aliphatic heterocycles. The van der Waals surface area contributed by atoms with Gasteiger partial charge >= 0.3 is 0 Å². The quantitative estimate of drug-likeness (QED) is 0.181. The molecule has 1 heterocycles. The maximum atomic E-state index is 2.50. The third-order valence-electron chi connectivity index (χ3n) is 10.3. The van der Waals surface area contributed by atoms with Gasteiger partial charge in [0.2, 0.25) is 0 Å². The van der Waals surface area contributed by atoms with E-state index >= 15 is 0 Å². The Morgan fingerprint density at radius 2 is 0.959 bits per heavy atom. The first-order chi connectivity index (χ1) is 24.3. The summed E-state index contributed by atoms with van der Waals surface area (Å²) in [6.07, 6.45) is 0. The molecule has 1 aromatic heterocycles. The second-order valence-corrected chi connectivity index (χ2v) is 13.8. The van der Waals surface area contributed by atoms with Crippen molar-refractivity contribution in [3.8, 4) is 11.1 Å². The van der Waals surface area contributed by atoms with Gasteiger partial charge in [0.05, 0.1) is 21.5 Å². The lowest BCUT2D eigenvalue weighted by molar-refractivity contribution is 0.768. The molecule has 10 rings (SSSR count). The third-order valence-corrected chi connectivity index (χ3v) is 11.6. The van der Waals surface area contributed by atoms with E-state index in [-0.39, 0.29) is 0 Å². The lowest BCUT2D eigenvalue weighted by atomic mass is 9.68. The Hall–Kier alpha value is -5.96. The molecule has 230 valence electrons. The number of thiophene rings is 1. The smallest absolute Gasteiger partial charge is 0.0714 e. The highest BCUT2D eigenvalue weighted by atomic mass is 32.1. The van der Waals surface area contributed by atoms with Crippen molar-refractivity contribution in [1.82, 2.24) is 0 Å². The summed E-state index contributed by atoms with van der Waals surface area (Å²) in [6.45, 7) is 0. The van der Waals surface area contributed by atoms with Gasteiger partial charge in [0.25, 0.3) is 0 Å². The van der Waals surface area contributed by atoms with Gasteiger partial charge in [0.1, 0.15) is 0 Å². The molecule has 0 bridgehead atoms. The van der Waals surface area contributed by atoms with Crippen LogP contribution in [0.3, 0.4) is 0 Å². The summed E-state index contributed by atoms with van der Waals surface area (Å²) < 4.78 is 2.63. The average Bonchev–Trinajstić information content (AvgIpc) is 3.72. The minimum atomic E-state index is -0.463. The Labute approximate surface area is 290 Å². The summed E-state index contributed by atoms with van der Waals surface area (Å²) in [5.74, 6) is 0. The van der Waals surface area contributed by atoms with Crippen LogP contribution in [-0.2, 0) is 5.41 Å². The van der Waals surface area contributed by atoms with Gasteiger partial charge in [-0.15, -0.1) is 11.3 Å². The minimum Gasteiger partial charge on any atom is -0.308 e. The molecule has 1 nitrogen and oxygen atoms in total. The molecule has 0 amide bonds. The van der Waals surface area contributed by atoms with Crippen molar-refractivity contribution >= 4 is 59.3 Å². The van der Waals surface area contributed by atoms with Crippen LogP contribution in [0.1, 0.15) is 22.3 Å². The molecule has 0 unspecified atom stereocenters. The van der Waals surface area contributed by atoms with Crippen molar-refractivity contribution in [2.45, 2.75) is 5.41 Å². The topological polar surface area (TPSA) is 3.24 Å². The van der Waals surface area contributed by atoms with Crippen LogP contribution in [-0.4, -0.2) is 0 Å². The predicted octanol–water partition coefficient (Wildman–Crippen LogP) is 13.0. The molecular weight excluding hydrogens is 611 g/mol. The number of para-hydroxylation sites is 1. The number of anilines is 3. The molecule has 0 spiro atoms. The Balaban J connectivity index is 1.31. The highest BCUT2D eigenvalue weighted by Crippen LogP contribution is 2.60. The number of hydrogen-bond donors (Lipinski definition) is 0. The SMILES string of the molecule is c1ccc(N(c2cccc3c2-c2ccccc2C3(c2ccccc2)c2ccccc2)c2cccc3c2sc2c4ccccc4ccc32)cc1. The Kier molecular flexibility index (Phi) is 6.34. The normalized spacial score (nSPS) is 13.1. The van der Waals surface area contributed by atoms with E-state index in [1.54, 1.807) is 0 Å². The van der Waals surface area contributed by atoms with Gasteiger partial charge in [-0.2, -0.15) is 0 Å². The fourth-order valence-electron chi connectivity index (χ4n) is 8.33. The molecule has 9 aromatic rings. The lowest BCUT2D eigenvalue weighted by Gasteiger charge is -2.34. The van der Waals surface area contributed by atoms with Crippen LogP contribution in [0, 0.1) is 0 Å². The van der Waals surface area contributed by atoms with Gasteiger partial charge in [-0.3, -0.25) is 0 Å². The van der Waals surface area contributed by atoms with Gasteiger partial charge in [0, 0.05) is 26.7 Å². The summed E-state index contributed by atoms with van der Waals surface area (Å²) in [5, 5.41) is 5.19. The third kappa shape index (κ3) is 4.05. The van der Waals surface area contributed by atoms with Crippen LogP contribution in [0.2, 0.25) is 0 Å². The first kappa shape index (κ1) is 28.1. The van der Waals surface area contributed by atoms with Gasteiger partial charge in [-0.25, -0.2) is 0 Å². The monoisotopic (exact) mass is 641 g/mol. The lowest BCUT2D eigenvalue weighted by Crippen LogP contribution is -2.28. The Bertz CT molecular complexity index is 2620. The molecule has 0 atom stereocenters. The standard InChI is InChI=1S/C47H31NS/c1-4-17-33(18-5-1)47(34-19-6-2-7-20-34)40-26-13-12-24-39(40)44-41(47)27-15-28-42(44)48(35-21-8-3-9-22-35)43-29-14-25-37-38-31-30-32-16-10-11-23-36(32)45(38)49-46(37)43/h1-31H. The van der Waals surface area contributed by atoms with Crippen LogP contribution in [0.5, 0.6) is 0 Å². The van der Waals surface area contributed by atoms with E-state index in [1.165, 1.54) is 75.7 Å². The van der Waals surface area contributed by atoms with E-state index in [0.29, 0.717) is 0 Å². The van der Waals surface area contributed by atoms with Crippen LogP contribution in [0.4, 0.5) is 17.1 Å². The zero-order chi connectivity index (χ0) is 32.4. The van der Waals surface area contributed by atoms with Gasteiger partial charge in [-0.05, 0) is 62.9 Å². The summed E-state index contributed by atoms with van der Waals surface area (Å²) in [4.78, 5) is 2.50. The van der Waals surface area contributed by atoms with Gasteiger partial charge in [0.15, 0.2) is 0 Å². The molecule has 0 saturated heterocycles. The van der Waals surface area contributed by atoms with E-state index in [4.69, 9.17) is 0 Å². The second kappa shape index (κ2) is 11.1. The van der Waals surface area contributed by atoms with Crippen LogP contribution in [0.25, 0.3) is 42.1 Å². The molecule has 0 fully saturated rings. The summed E-state index contributed by atoms with van der Waals surface area (Å²) >= 11 is 1.91. The molecule has 8 aromatic carbocycles. The van der Waals surface area contributed by atoms with E-state index in [9.17, 15) is 0 Å². The van der Waals surface area contributed by atoms with Crippen LogP contribution >= 0.6 is 11.3 Å². The summed E-state index contributed by atoms with van der Waals surface area (Å²) in [7, 11) is 0. The molecular formula is C47H31NS. The highest BCUT2D eigenvalue weighted by molar-refractivity contribution is 7.27. The van der Waals surface area contributed by atoms with E-state index in [1.807, 2.05) is 11.3 Å². The maximum Gasteiger partial charge on any atom is 0.0714 e. The van der Waals surface area contributed by atoms with Crippen molar-refractivity contribution < 1.29 is 0 Å². The zero-order valence-electron chi connectivity index (χ0n) is 26.8. The fourth-order valence-corrected chi connectivity index (χ4v) is 9.67. The number of hydrogen-bond acceptors (Lipinski definition) is 2. The second-order valence-electron chi connectivity index (χ2n) is 12.8. The van der Waals surface area contributed by atoms with Gasteiger partial charge in [-0.1, -0.05) is 164 Å². The number of fused-ring (bicyclic) bond motifs is 8. The largest absolute Gasteiger partial charge is 0.308 e. The zero-order valence-corrected chi connectivity index (χ0v) is 27.6. The van der Waals surface area contributed by atoms with Crippen molar-refractivity contribution in [1.29, 1.82) is 0 Å². The fraction of sp³-hybridized carbons (Fsp3) is 0.0213. The average molecular weight is 642 g/mol. The molecule has 1 aliphatic carbocycles. The van der Waals surface area contributed by atoms with Crippen LogP contribution < -0.4 is 4.90 Å². The Morgan fingerprint density at radius 1 is 0.388 bits per heavy atom. The van der Waals surface area contributed by atoms with Crippen molar-refractivity contribution in [2.75, 3.05) is 4.90 Å². The maximum absolute atomic E-state index is 2.50.